The van der Waals surface area contributed by atoms with Crippen molar-refractivity contribution in [2.24, 2.45) is 0 Å². The zero-order valence-corrected chi connectivity index (χ0v) is 15.4. The number of carbonyl (C=O) groups excluding carboxylic acids is 1. The topological polar surface area (TPSA) is 38.8 Å². The molecule has 0 aliphatic heterocycles. The van der Waals surface area contributed by atoms with Gasteiger partial charge in [0.2, 0.25) is 5.91 Å². The van der Waals surface area contributed by atoms with Crippen molar-refractivity contribution in [3.05, 3.63) is 52.2 Å². The van der Waals surface area contributed by atoms with Crippen molar-refractivity contribution in [1.29, 1.82) is 0 Å². The molecule has 1 heterocycles. The van der Waals surface area contributed by atoms with Crippen molar-refractivity contribution in [2.75, 3.05) is 13.7 Å². The molecule has 5 heteroatoms. The number of benzene rings is 1. The van der Waals surface area contributed by atoms with Crippen LogP contribution < -0.4 is 9.47 Å². The molecule has 1 aliphatic carbocycles. The molecule has 0 N–H and O–H groups in total. The second-order valence-electron chi connectivity index (χ2n) is 6.01. The predicted octanol–water partition coefficient (Wildman–Crippen LogP) is 4.36. The molecule has 0 unspecified atom stereocenters. The number of thiophene rings is 1. The number of methoxy groups -OCH3 is 1. The Labute approximate surface area is 152 Å². The van der Waals surface area contributed by atoms with E-state index in [-0.39, 0.29) is 5.91 Å². The van der Waals surface area contributed by atoms with Gasteiger partial charge in [0.1, 0.15) is 0 Å². The molecule has 4 nitrogen and oxygen atoms in total. The van der Waals surface area contributed by atoms with Gasteiger partial charge in [-0.15, -0.1) is 0 Å². The van der Waals surface area contributed by atoms with Crippen molar-refractivity contribution in [2.45, 2.75) is 32.4 Å². The average molecular weight is 357 g/mol. The minimum Gasteiger partial charge on any atom is -0.493 e. The highest BCUT2D eigenvalue weighted by molar-refractivity contribution is 7.07. The van der Waals surface area contributed by atoms with Crippen LogP contribution in [-0.2, 0) is 11.3 Å². The fourth-order valence-corrected chi connectivity index (χ4v) is 3.34. The van der Waals surface area contributed by atoms with Gasteiger partial charge in [0.15, 0.2) is 11.5 Å². The molecule has 3 rings (SSSR count). The predicted molar refractivity (Wildman–Crippen MR) is 101 cm³/mol. The summed E-state index contributed by atoms with van der Waals surface area (Å²) in [6.07, 6.45) is 5.69. The van der Waals surface area contributed by atoms with Gasteiger partial charge in [-0.1, -0.05) is 6.07 Å². The molecule has 0 bridgehead atoms. The summed E-state index contributed by atoms with van der Waals surface area (Å²) in [6, 6.07) is 8.14. The molecular formula is C20H23NO3S. The molecule has 1 aromatic heterocycles. The van der Waals surface area contributed by atoms with Crippen molar-refractivity contribution in [1.82, 2.24) is 4.90 Å². The smallest absolute Gasteiger partial charge is 0.247 e. The maximum absolute atomic E-state index is 12.6. The summed E-state index contributed by atoms with van der Waals surface area (Å²) in [4.78, 5) is 14.6. The van der Waals surface area contributed by atoms with Crippen LogP contribution in [0.5, 0.6) is 11.5 Å². The maximum Gasteiger partial charge on any atom is 0.247 e. The number of nitrogens with zero attached hydrogens (tertiary/aromatic N) is 1. The van der Waals surface area contributed by atoms with Gasteiger partial charge >= 0.3 is 0 Å². The Balaban J connectivity index is 1.71. The molecule has 1 amide bonds. The number of carbonyl (C=O) groups is 1. The number of ether oxygens (including phenoxy) is 2. The van der Waals surface area contributed by atoms with Crippen LogP contribution in [0, 0.1) is 0 Å². The normalized spacial score (nSPS) is 13.8. The van der Waals surface area contributed by atoms with Crippen molar-refractivity contribution in [3.8, 4) is 11.5 Å². The number of rotatable bonds is 8. The van der Waals surface area contributed by atoms with Gasteiger partial charge in [-0.2, -0.15) is 11.3 Å². The molecular weight excluding hydrogens is 334 g/mol. The first-order valence-electron chi connectivity index (χ1n) is 8.52. The van der Waals surface area contributed by atoms with E-state index in [0.717, 1.165) is 18.4 Å². The van der Waals surface area contributed by atoms with Crippen LogP contribution in [0.15, 0.2) is 41.1 Å². The van der Waals surface area contributed by atoms with Crippen LogP contribution >= 0.6 is 11.3 Å². The Hall–Kier alpha value is -2.27. The van der Waals surface area contributed by atoms with E-state index in [0.29, 0.717) is 30.7 Å². The fourth-order valence-electron chi connectivity index (χ4n) is 2.68. The third kappa shape index (κ3) is 4.63. The Morgan fingerprint density at radius 1 is 1.32 bits per heavy atom. The largest absolute Gasteiger partial charge is 0.493 e. The van der Waals surface area contributed by atoms with E-state index in [2.05, 4.69) is 11.4 Å². The first-order chi connectivity index (χ1) is 12.2. The SMILES string of the molecule is CCOc1cc(/C=C/C(=O)N(Cc2ccsc2)C2CC2)ccc1OC. The van der Waals surface area contributed by atoms with E-state index in [1.807, 2.05) is 41.5 Å². The second kappa shape index (κ2) is 8.21. The van der Waals surface area contributed by atoms with E-state index < -0.39 is 0 Å². The Kier molecular flexibility index (Phi) is 5.76. The monoisotopic (exact) mass is 357 g/mol. The molecule has 0 radical (unpaired) electrons. The number of amides is 1. The molecule has 1 saturated carbocycles. The highest BCUT2D eigenvalue weighted by Gasteiger charge is 2.31. The molecule has 0 spiro atoms. The van der Waals surface area contributed by atoms with Crippen LogP contribution in [-0.4, -0.2) is 30.6 Å². The second-order valence-corrected chi connectivity index (χ2v) is 6.79. The van der Waals surface area contributed by atoms with E-state index in [9.17, 15) is 4.79 Å². The van der Waals surface area contributed by atoms with E-state index in [1.54, 1.807) is 24.5 Å². The molecule has 0 atom stereocenters. The average Bonchev–Trinajstić information content (AvgIpc) is 3.33. The lowest BCUT2D eigenvalue weighted by Gasteiger charge is -2.20. The van der Waals surface area contributed by atoms with Gasteiger partial charge in [0.05, 0.1) is 13.7 Å². The lowest BCUT2D eigenvalue weighted by atomic mass is 10.2. The Morgan fingerprint density at radius 3 is 2.80 bits per heavy atom. The molecule has 132 valence electrons. The van der Waals surface area contributed by atoms with Gasteiger partial charge in [-0.05, 0) is 65.9 Å². The zero-order chi connectivity index (χ0) is 17.6. The molecule has 1 aliphatic rings. The van der Waals surface area contributed by atoms with E-state index >= 15 is 0 Å². The zero-order valence-electron chi connectivity index (χ0n) is 14.6. The van der Waals surface area contributed by atoms with Gasteiger partial charge in [0, 0.05) is 18.7 Å². The van der Waals surface area contributed by atoms with Crippen LogP contribution in [0.4, 0.5) is 0 Å². The highest BCUT2D eigenvalue weighted by Crippen LogP contribution is 2.30. The van der Waals surface area contributed by atoms with Gasteiger partial charge in [-0.3, -0.25) is 4.79 Å². The first-order valence-corrected chi connectivity index (χ1v) is 9.46. The summed E-state index contributed by atoms with van der Waals surface area (Å²) >= 11 is 1.66. The lowest BCUT2D eigenvalue weighted by Crippen LogP contribution is -2.30. The first kappa shape index (κ1) is 17.5. The van der Waals surface area contributed by atoms with E-state index in [4.69, 9.17) is 9.47 Å². The third-order valence-electron chi connectivity index (χ3n) is 4.11. The summed E-state index contributed by atoms with van der Waals surface area (Å²) < 4.78 is 10.9. The summed E-state index contributed by atoms with van der Waals surface area (Å²) in [5.74, 6) is 1.45. The van der Waals surface area contributed by atoms with Crippen molar-refractivity contribution >= 4 is 23.3 Å². The van der Waals surface area contributed by atoms with Crippen molar-refractivity contribution < 1.29 is 14.3 Å². The quantitative estimate of drug-likeness (QED) is 0.659. The highest BCUT2D eigenvalue weighted by atomic mass is 32.1. The van der Waals surface area contributed by atoms with Gasteiger partial charge < -0.3 is 14.4 Å². The minimum atomic E-state index is 0.0578. The van der Waals surface area contributed by atoms with Crippen LogP contribution in [0.25, 0.3) is 6.08 Å². The van der Waals surface area contributed by atoms with E-state index in [1.165, 1.54) is 5.56 Å². The fraction of sp³-hybridized carbons (Fsp3) is 0.350. The summed E-state index contributed by atoms with van der Waals surface area (Å²) in [7, 11) is 1.62. The molecule has 2 aromatic rings. The third-order valence-corrected chi connectivity index (χ3v) is 4.84. The molecule has 1 fully saturated rings. The Morgan fingerprint density at radius 2 is 2.16 bits per heavy atom. The molecule has 0 saturated heterocycles. The van der Waals surface area contributed by atoms with Gasteiger partial charge in [0.25, 0.3) is 0 Å². The van der Waals surface area contributed by atoms with Crippen LogP contribution in [0.1, 0.15) is 30.9 Å². The van der Waals surface area contributed by atoms with Crippen LogP contribution in [0.2, 0.25) is 0 Å². The standard InChI is InChI=1S/C20H23NO3S/c1-3-24-19-12-15(4-8-18(19)23-2)5-9-20(22)21(17-6-7-17)13-16-10-11-25-14-16/h4-5,8-12,14,17H,3,6-7,13H2,1-2H3/b9-5+. The minimum absolute atomic E-state index is 0.0578. The number of hydrogen-bond donors (Lipinski definition) is 0. The summed E-state index contributed by atoms with van der Waals surface area (Å²) in [5.41, 5.74) is 2.12. The summed E-state index contributed by atoms with van der Waals surface area (Å²) in [5, 5.41) is 4.15. The Bertz CT molecular complexity index is 735. The molecule has 25 heavy (non-hydrogen) atoms. The van der Waals surface area contributed by atoms with Crippen molar-refractivity contribution in [3.63, 3.8) is 0 Å². The summed E-state index contributed by atoms with van der Waals surface area (Å²) in [6.45, 7) is 3.19. The van der Waals surface area contributed by atoms with Crippen LogP contribution in [0.3, 0.4) is 0 Å². The lowest BCUT2D eigenvalue weighted by molar-refractivity contribution is -0.127. The van der Waals surface area contributed by atoms with Gasteiger partial charge in [-0.25, -0.2) is 0 Å². The number of hydrogen-bond acceptors (Lipinski definition) is 4. The molecule has 1 aromatic carbocycles. The maximum atomic E-state index is 12.6.